The summed E-state index contributed by atoms with van der Waals surface area (Å²) in [5.74, 6) is -0.336. The maximum Gasteiger partial charge on any atom is 0.307 e. The number of rotatable bonds is 6. The number of hydrogen-bond acceptors (Lipinski definition) is 3. The van der Waals surface area contributed by atoms with Crippen molar-refractivity contribution in [1.82, 2.24) is 4.90 Å². The highest BCUT2D eigenvalue weighted by Gasteiger charge is 2.15. The average molecular weight is 284 g/mol. The monoisotopic (exact) mass is 283 g/mol. The standard InChI is InChI=1S/C14H18ClNO3/c1-3-13(17)16(9-8-14(18)19-2)10-11-6-4-5-7-12(11)15/h4-7H,3,8-10H2,1-2H3. The van der Waals surface area contributed by atoms with E-state index in [0.717, 1.165) is 5.56 Å². The molecule has 4 nitrogen and oxygen atoms in total. The minimum absolute atomic E-state index is 0.0103. The summed E-state index contributed by atoms with van der Waals surface area (Å²) in [5, 5.41) is 0.620. The van der Waals surface area contributed by atoms with E-state index in [2.05, 4.69) is 4.74 Å². The number of carbonyl (C=O) groups is 2. The average Bonchev–Trinajstić information content (AvgIpc) is 2.44. The van der Waals surface area contributed by atoms with Crippen LogP contribution in [0.25, 0.3) is 0 Å². The second kappa shape index (κ2) is 7.79. The highest BCUT2D eigenvalue weighted by molar-refractivity contribution is 6.31. The molecule has 0 saturated carbocycles. The van der Waals surface area contributed by atoms with Crippen LogP contribution in [-0.2, 0) is 20.9 Å². The van der Waals surface area contributed by atoms with Gasteiger partial charge in [0.25, 0.3) is 0 Å². The number of amides is 1. The van der Waals surface area contributed by atoms with E-state index in [9.17, 15) is 9.59 Å². The minimum Gasteiger partial charge on any atom is -0.469 e. The van der Waals surface area contributed by atoms with Crippen LogP contribution in [0.1, 0.15) is 25.3 Å². The molecule has 0 atom stereocenters. The van der Waals surface area contributed by atoms with Crippen molar-refractivity contribution in [3.8, 4) is 0 Å². The Morgan fingerprint density at radius 2 is 2.00 bits per heavy atom. The van der Waals surface area contributed by atoms with Crippen molar-refractivity contribution in [3.05, 3.63) is 34.9 Å². The van der Waals surface area contributed by atoms with Crippen LogP contribution in [0.3, 0.4) is 0 Å². The summed E-state index contributed by atoms with van der Waals surface area (Å²) < 4.78 is 4.58. The third kappa shape index (κ3) is 4.91. The summed E-state index contributed by atoms with van der Waals surface area (Å²) in [6.45, 7) is 2.54. The lowest BCUT2D eigenvalue weighted by atomic mass is 10.2. The molecule has 0 bridgehead atoms. The molecule has 0 aromatic heterocycles. The molecule has 5 heteroatoms. The normalized spacial score (nSPS) is 10.1. The van der Waals surface area contributed by atoms with Crippen molar-refractivity contribution in [1.29, 1.82) is 0 Å². The predicted molar refractivity (Wildman–Crippen MR) is 73.8 cm³/mol. The van der Waals surface area contributed by atoms with Gasteiger partial charge in [0.15, 0.2) is 0 Å². The highest BCUT2D eigenvalue weighted by atomic mass is 35.5. The summed E-state index contributed by atoms with van der Waals surface area (Å²) in [6.07, 6.45) is 0.582. The Kier molecular flexibility index (Phi) is 6.36. The Balaban J connectivity index is 2.72. The molecule has 104 valence electrons. The largest absolute Gasteiger partial charge is 0.469 e. The van der Waals surface area contributed by atoms with E-state index in [4.69, 9.17) is 11.6 Å². The second-order valence-corrected chi connectivity index (χ2v) is 4.49. The van der Waals surface area contributed by atoms with Gasteiger partial charge in [0.05, 0.1) is 13.5 Å². The van der Waals surface area contributed by atoms with Crippen molar-refractivity contribution < 1.29 is 14.3 Å². The number of halogens is 1. The van der Waals surface area contributed by atoms with Gasteiger partial charge in [-0.15, -0.1) is 0 Å². The molecule has 0 spiro atoms. The molecule has 0 fully saturated rings. The predicted octanol–water partition coefficient (Wildman–Crippen LogP) is 2.64. The molecule has 1 aromatic carbocycles. The zero-order valence-electron chi connectivity index (χ0n) is 11.2. The summed E-state index contributed by atoms with van der Waals surface area (Å²) in [7, 11) is 1.34. The summed E-state index contributed by atoms with van der Waals surface area (Å²) in [5.41, 5.74) is 0.871. The number of carbonyl (C=O) groups excluding carboxylic acids is 2. The molecular weight excluding hydrogens is 266 g/mol. The van der Waals surface area contributed by atoms with E-state index in [1.807, 2.05) is 18.2 Å². The zero-order valence-corrected chi connectivity index (χ0v) is 11.9. The summed E-state index contributed by atoms with van der Waals surface area (Å²) in [6, 6.07) is 7.37. The van der Waals surface area contributed by atoms with E-state index in [-0.39, 0.29) is 18.3 Å². The Hall–Kier alpha value is -1.55. The Morgan fingerprint density at radius 3 is 2.58 bits per heavy atom. The second-order valence-electron chi connectivity index (χ2n) is 4.09. The van der Waals surface area contributed by atoms with Gasteiger partial charge in [-0.1, -0.05) is 36.7 Å². The summed E-state index contributed by atoms with van der Waals surface area (Å²) >= 11 is 6.08. The molecule has 19 heavy (non-hydrogen) atoms. The molecular formula is C14H18ClNO3. The molecule has 0 N–H and O–H groups in total. The molecule has 0 saturated heterocycles. The molecule has 0 aliphatic carbocycles. The van der Waals surface area contributed by atoms with Gasteiger partial charge in [-0.25, -0.2) is 0 Å². The van der Waals surface area contributed by atoms with Crippen molar-refractivity contribution in [2.45, 2.75) is 26.3 Å². The van der Waals surface area contributed by atoms with Crippen LogP contribution >= 0.6 is 11.6 Å². The maximum absolute atomic E-state index is 11.9. The van der Waals surface area contributed by atoms with Gasteiger partial charge in [0.2, 0.25) is 5.91 Å². The number of hydrogen-bond donors (Lipinski definition) is 0. The Labute approximate surface area is 118 Å². The fourth-order valence-electron chi connectivity index (χ4n) is 1.68. The third-order valence-corrected chi connectivity index (χ3v) is 3.16. The number of ether oxygens (including phenoxy) is 1. The molecule has 0 aliphatic heterocycles. The van der Waals surface area contributed by atoms with Crippen molar-refractivity contribution in [2.75, 3.05) is 13.7 Å². The van der Waals surface area contributed by atoms with Crippen LogP contribution in [0.4, 0.5) is 0 Å². The molecule has 1 amide bonds. The lowest BCUT2D eigenvalue weighted by molar-refractivity contribution is -0.141. The van der Waals surface area contributed by atoms with Crippen LogP contribution in [0.2, 0.25) is 5.02 Å². The van der Waals surface area contributed by atoms with Gasteiger partial charge < -0.3 is 9.64 Å². The first kappa shape index (κ1) is 15.5. The highest BCUT2D eigenvalue weighted by Crippen LogP contribution is 2.17. The van der Waals surface area contributed by atoms with Gasteiger partial charge in [0, 0.05) is 24.5 Å². The van der Waals surface area contributed by atoms with Crippen LogP contribution in [-0.4, -0.2) is 30.4 Å². The molecule has 1 aromatic rings. The van der Waals surface area contributed by atoms with Crippen LogP contribution in [0.5, 0.6) is 0 Å². The van der Waals surface area contributed by atoms with E-state index >= 15 is 0 Å². The third-order valence-electron chi connectivity index (χ3n) is 2.79. The van der Waals surface area contributed by atoms with Crippen LogP contribution in [0, 0.1) is 0 Å². The number of benzene rings is 1. The lowest BCUT2D eigenvalue weighted by Gasteiger charge is -2.22. The molecule has 0 heterocycles. The SMILES string of the molecule is CCC(=O)N(CCC(=O)OC)Cc1ccccc1Cl. The molecule has 0 radical (unpaired) electrons. The Bertz CT molecular complexity index is 448. The smallest absolute Gasteiger partial charge is 0.307 e. The number of methoxy groups -OCH3 is 1. The van der Waals surface area contributed by atoms with Crippen LogP contribution < -0.4 is 0 Å². The first-order valence-corrected chi connectivity index (χ1v) is 6.54. The minimum atomic E-state index is -0.326. The Morgan fingerprint density at radius 1 is 1.32 bits per heavy atom. The maximum atomic E-state index is 11.9. The first-order valence-electron chi connectivity index (χ1n) is 6.16. The fourth-order valence-corrected chi connectivity index (χ4v) is 1.87. The van der Waals surface area contributed by atoms with E-state index in [0.29, 0.717) is 24.5 Å². The first-order chi connectivity index (χ1) is 9.08. The van der Waals surface area contributed by atoms with E-state index in [1.54, 1.807) is 17.9 Å². The summed E-state index contributed by atoms with van der Waals surface area (Å²) in [4.78, 5) is 24.6. The van der Waals surface area contributed by atoms with E-state index in [1.165, 1.54) is 7.11 Å². The van der Waals surface area contributed by atoms with Crippen molar-refractivity contribution >= 4 is 23.5 Å². The quantitative estimate of drug-likeness (QED) is 0.754. The fraction of sp³-hybridized carbons (Fsp3) is 0.429. The molecule has 0 aliphatic rings. The van der Waals surface area contributed by atoms with Gasteiger partial charge in [-0.05, 0) is 11.6 Å². The number of esters is 1. The molecule has 1 rings (SSSR count). The van der Waals surface area contributed by atoms with Crippen molar-refractivity contribution in [2.24, 2.45) is 0 Å². The van der Waals surface area contributed by atoms with Gasteiger partial charge in [0.1, 0.15) is 0 Å². The van der Waals surface area contributed by atoms with E-state index < -0.39 is 0 Å². The van der Waals surface area contributed by atoms with Crippen LogP contribution in [0.15, 0.2) is 24.3 Å². The van der Waals surface area contributed by atoms with Gasteiger partial charge in [-0.3, -0.25) is 9.59 Å². The topological polar surface area (TPSA) is 46.6 Å². The van der Waals surface area contributed by atoms with Crippen molar-refractivity contribution in [3.63, 3.8) is 0 Å². The molecule has 0 unspecified atom stereocenters. The lowest BCUT2D eigenvalue weighted by Crippen LogP contribution is -2.32. The number of nitrogens with zero attached hydrogens (tertiary/aromatic N) is 1. The zero-order chi connectivity index (χ0) is 14.3. The van der Waals surface area contributed by atoms with Gasteiger partial charge in [-0.2, -0.15) is 0 Å². The van der Waals surface area contributed by atoms with Gasteiger partial charge >= 0.3 is 5.97 Å².